The van der Waals surface area contributed by atoms with Crippen molar-refractivity contribution in [1.82, 2.24) is 19.8 Å². The van der Waals surface area contributed by atoms with E-state index in [0.717, 1.165) is 24.2 Å². The van der Waals surface area contributed by atoms with Crippen LogP contribution in [-0.4, -0.2) is 32.3 Å². The lowest BCUT2D eigenvalue weighted by atomic mass is 9.86. The van der Waals surface area contributed by atoms with Gasteiger partial charge >= 0.3 is 0 Å². The third kappa shape index (κ3) is 2.62. The van der Waals surface area contributed by atoms with E-state index in [1.807, 2.05) is 36.5 Å². The van der Waals surface area contributed by atoms with Crippen LogP contribution in [0.15, 0.2) is 47.2 Å². The number of aryl methyl sites for hydroxylation is 1. The molecule has 2 aromatic heterocycles. The zero-order valence-corrected chi connectivity index (χ0v) is 14.6. The molecule has 6 heteroatoms. The summed E-state index contributed by atoms with van der Waals surface area (Å²) in [5.41, 5.74) is 3.97. The van der Waals surface area contributed by atoms with Crippen LogP contribution < -0.4 is 0 Å². The lowest BCUT2D eigenvalue weighted by Gasteiger charge is -2.34. The van der Waals surface area contributed by atoms with Crippen LogP contribution in [0.3, 0.4) is 0 Å². The first-order chi connectivity index (χ1) is 12.7. The van der Waals surface area contributed by atoms with Gasteiger partial charge in [-0.15, -0.1) is 0 Å². The molecule has 3 heterocycles. The van der Waals surface area contributed by atoms with Gasteiger partial charge in [-0.1, -0.05) is 29.4 Å². The first-order valence-corrected chi connectivity index (χ1v) is 9.01. The molecule has 1 fully saturated rings. The lowest BCUT2D eigenvalue weighted by molar-refractivity contribution is 0.0714. The normalized spacial score (nSPS) is 19.4. The SMILES string of the molecule is Cn1cc([C@H]2CN(C(=O)c3cc(C4CC4)on3)Cc3ccccc32)cn1. The highest BCUT2D eigenvalue weighted by molar-refractivity contribution is 5.92. The third-order valence-corrected chi connectivity index (χ3v) is 5.34. The molecule has 0 unspecified atom stereocenters. The molecule has 1 aliphatic carbocycles. The number of benzene rings is 1. The van der Waals surface area contributed by atoms with Gasteiger partial charge in [0.25, 0.3) is 5.91 Å². The van der Waals surface area contributed by atoms with Gasteiger partial charge in [0, 0.05) is 44.2 Å². The Labute approximate surface area is 151 Å². The number of aromatic nitrogens is 3. The Bertz CT molecular complexity index is 970. The number of nitrogens with zero attached hydrogens (tertiary/aromatic N) is 4. The van der Waals surface area contributed by atoms with Gasteiger partial charge in [-0.2, -0.15) is 5.10 Å². The van der Waals surface area contributed by atoms with Crippen molar-refractivity contribution in [2.45, 2.75) is 31.2 Å². The highest BCUT2D eigenvalue weighted by Gasteiger charge is 2.33. The van der Waals surface area contributed by atoms with E-state index in [1.54, 1.807) is 4.68 Å². The fourth-order valence-corrected chi connectivity index (χ4v) is 3.78. The molecule has 6 nitrogen and oxygen atoms in total. The average Bonchev–Trinajstić information content (AvgIpc) is 3.23. The number of carbonyl (C=O) groups excluding carboxylic acids is 1. The van der Waals surface area contributed by atoms with Crippen molar-refractivity contribution >= 4 is 5.91 Å². The Morgan fingerprint density at radius 2 is 2.12 bits per heavy atom. The second-order valence-electron chi connectivity index (χ2n) is 7.27. The van der Waals surface area contributed by atoms with Crippen molar-refractivity contribution in [3.8, 4) is 0 Å². The molecule has 0 bridgehead atoms. The van der Waals surface area contributed by atoms with Crippen molar-refractivity contribution in [2.75, 3.05) is 6.54 Å². The molecule has 5 rings (SSSR count). The van der Waals surface area contributed by atoms with Crippen LogP contribution in [0, 0.1) is 0 Å². The maximum atomic E-state index is 13.0. The minimum atomic E-state index is -0.0657. The third-order valence-electron chi connectivity index (χ3n) is 5.34. The number of amides is 1. The molecule has 1 aromatic carbocycles. The highest BCUT2D eigenvalue weighted by Crippen LogP contribution is 2.40. The molecule has 1 aliphatic heterocycles. The molecule has 1 saturated carbocycles. The summed E-state index contributed by atoms with van der Waals surface area (Å²) in [5, 5.41) is 8.34. The molecule has 2 aliphatic rings. The minimum Gasteiger partial charge on any atom is -0.360 e. The maximum absolute atomic E-state index is 13.0. The molecule has 1 atom stereocenters. The van der Waals surface area contributed by atoms with Crippen LogP contribution >= 0.6 is 0 Å². The van der Waals surface area contributed by atoms with Gasteiger partial charge in [-0.3, -0.25) is 9.48 Å². The van der Waals surface area contributed by atoms with Gasteiger partial charge < -0.3 is 9.42 Å². The molecule has 0 saturated heterocycles. The van der Waals surface area contributed by atoms with Gasteiger partial charge in [0.05, 0.1) is 6.20 Å². The topological polar surface area (TPSA) is 64.2 Å². The number of hydrogen-bond donors (Lipinski definition) is 0. The van der Waals surface area contributed by atoms with Gasteiger partial charge in [0.1, 0.15) is 5.76 Å². The van der Waals surface area contributed by atoms with E-state index in [9.17, 15) is 4.79 Å². The van der Waals surface area contributed by atoms with Gasteiger partial charge in [-0.05, 0) is 29.5 Å². The lowest BCUT2D eigenvalue weighted by Crippen LogP contribution is -2.38. The standard InChI is InChI=1S/C20H20N4O2/c1-23-10-15(9-21-23)17-12-24(11-14-4-2-3-5-16(14)17)20(25)18-8-19(26-22-18)13-6-7-13/h2-5,8-10,13,17H,6-7,11-12H2,1H3/t17-/m1/s1. The van der Waals surface area contributed by atoms with Crippen molar-refractivity contribution in [3.63, 3.8) is 0 Å². The second kappa shape index (κ2) is 5.83. The van der Waals surface area contributed by atoms with E-state index in [-0.39, 0.29) is 11.8 Å². The molecule has 26 heavy (non-hydrogen) atoms. The van der Waals surface area contributed by atoms with E-state index in [4.69, 9.17) is 4.52 Å². The monoisotopic (exact) mass is 348 g/mol. The number of hydrogen-bond acceptors (Lipinski definition) is 4. The first kappa shape index (κ1) is 15.4. The summed E-state index contributed by atoms with van der Waals surface area (Å²) < 4.78 is 7.18. The Balaban J connectivity index is 1.47. The largest absolute Gasteiger partial charge is 0.360 e. The Morgan fingerprint density at radius 3 is 2.88 bits per heavy atom. The molecular formula is C20H20N4O2. The van der Waals surface area contributed by atoms with Crippen LogP contribution in [0.2, 0.25) is 0 Å². The van der Waals surface area contributed by atoms with Crippen molar-refractivity contribution in [1.29, 1.82) is 0 Å². The molecule has 1 amide bonds. The Kier molecular flexibility index (Phi) is 3.45. The number of carbonyl (C=O) groups is 1. The predicted molar refractivity (Wildman–Crippen MR) is 94.7 cm³/mol. The van der Waals surface area contributed by atoms with Gasteiger partial charge in [0.15, 0.2) is 5.69 Å². The zero-order chi connectivity index (χ0) is 17.7. The van der Waals surface area contributed by atoms with E-state index >= 15 is 0 Å². The molecule has 0 N–H and O–H groups in total. The Hall–Kier alpha value is -2.89. The van der Waals surface area contributed by atoms with Crippen molar-refractivity contribution < 1.29 is 9.32 Å². The molecular weight excluding hydrogens is 328 g/mol. The van der Waals surface area contributed by atoms with Crippen LogP contribution in [-0.2, 0) is 13.6 Å². The summed E-state index contributed by atoms with van der Waals surface area (Å²) in [5.74, 6) is 1.35. The van der Waals surface area contributed by atoms with Crippen LogP contribution in [0.25, 0.3) is 0 Å². The summed E-state index contributed by atoms with van der Waals surface area (Å²) in [6, 6.07) is 10.1. The van der Waals surface area contributed by atoms with E-state index in [2.05, 4.69) is 28.5 Å². The van der Waals surface area contributed by atoms with Gasteiger partial charge in [0.2, 0.25) is 0 Å². The quantitative estimate of drug-likeness (QED) is 0.730. The zero-order valence-electron chi connectivity index (χ0n) is 14.6. The van der Waals surface area contributed by atoms with Crippen LogP contribution in [0.1, 0.15) is 57.6 Å². The molecule has 3 aromatic rings. The highest BCUT2D eigenvalue weighted by atomic mass is 16.5. The van der Waals surface area contributed by atoms with Crippen LogP contribution in [0.5, 0.6) is 0 Å². The molecule has 0 radical (unpaired) electrons. The summed E-state index contributed by atoms with van der Waals surface area (Å²) in [7, 11) is 1.91. The van der Waals surface area contributed by atoms with Crippen LogP contribution in [0.4, 0.5) is 0 Å². The van der Waals surface area contributed by atoms with Gasteiger partial charge in [-0.25, -0.2) is 0 Å². The number of rotatable bonds is 3. The minimum absolute atomic E-state index is 0.0657. The second-order valence-corrected chi connectivity index (χ2v) is 7.27. The van der Waals surface area contributed by atoms with E-state index in [0.29, 0.717) is 24.7 Å². The fourth-order valence-electron chi connectivity index (χ4n) is 3.78. The average molecular weight is 348 g/mol. The summed E-state index contributed by atoms with van der Waals surface area (Å²) in [6.45, 7) is 1.21. The van der Waals surface area contributed by atoms with E-state index in [1.165, 1.54) is 11.1 Å². The molecule has 0 spiro atoms. The maximum Gasteiger partial charge on any atom is 0.276 e. The summed E-state index contributed by atoms with van der Waals surface area (Å²) in [4.78, 5) is 14.9. The van der Waals surface area contributed by atoms with Crippen molar-refractivity contribution in [3.05, 3.63) is 70.9 Å². The summed E-state index contributed by atoms with van der Waals surface area (Å²) >= 11 is 0. The molecule has 132 valence electrons. The fraction of sp³-hybridized carbons (Fsp3) is 0.350. The number of fused-ring (bicyclic) bond motifs is 1. The summed E-state index contributed by atoms with van der Waals surface area (Å²) in [6.07, 6.45) is 6.17. The Morgan fingerprint density at radius 1 is 1.27 bits per heavy atom. The first-order valence-electron chi connectivity index (χ1n) is 9.01. The van der Waals surface area contributed by atoms with E-state index < -0.39 is 0 Å². The predicted octanol–water partition coefficient (Wildman–Crippen LogP) is 3.07. The smallest absolute Gasteiger partial charge is 0.276 e. The van der Waals surface area contributed by atoms with Crippen molar-refractivity contribution in [2.24, 2.45) is 7.05 Å².